The highest BCUT2D eigenvalue weighted by Gasteiger charge is 2.49. The topological polar surface area (TPSA) is 89.3 Å². The van der Waals surface area contributed by atoms with Crippen molar-refractivity contribution in [2.24, 2.45) is 5.73 Å². The second kappa shape index (κ2) is 8.05. The lowest BCUT2D eigenvalue weighted by atomic mass is 9.63. The third kappa shape index (κ3) is 3.74. The number of hydrogen-bond acceptors (Lipinski definition) is 6. The summed E-state index contributed by atoms with van der Waals surface area (Å²) >= 11 is 1.65. The molecule has 0 aliphatic heterocycles. The minimum atomic E-state index is -0.696. The van der Waals surface area contributed by atoms with Gasteiger partial charge in [0.1, 0.15) is 0 Å². The molecular formula is C30H25N5OS. The van der Waals surface area contributed by atoms with Crippen LogP contribution in [-0.2, 0) is 5.54 Å². The molecular weight excluding hydrogens is 478 g/mol. The number of nitrogens with two attached hydrogens (primary N) is 1. The predicted molar refractivity (Wildman–Crippen MR) is 148 cm³/mol. The van der Waals surface area contributed by atoms with Crippen LogP contribution in [0.1, 0.15) is 25.3 Å². The molecule has 0 saturated heterocycles. The molecule has 1 aliphatic rings. The van der Waals surface area contributed by atoms with Crippen LogP contribution in [-0.4, -0.2) is 30.3 Å². The molecule has 0 atom stereocenters. The zero-order valence-electron chi connectivity index (χ0n) is 20.3. The quantitative estimate of drug-likeness (QED) is 0.306. The maximum atomic E-state index is 10.3. The summed E-state index contributed by atoms with van der Waals surface area (Å²) in [5.41, 5.74) is 13.9. The molecule has 7 heteroatoms. The number of aliphatic hydroxyl groups is 1. The first-order valence-electron chi connectivity index (χ1n) is 12.3. The molecule has 0 bridgehead atoms. The Labute approximate surface area is 218 Å². The standard InChI is InChI=1S/C30H25N5OS/c1-29(36)17-30(31,18-29)23-9-7-20(8-10-23)27-24(19-5-3-2-4-6-19)13-22-15-32-26-14-25(21-11-12-37-16-21)34-35(26)28(22)33-27/h2-16,36H,17-18,31H2,1H3. The van der Waals surface area contributed by atoms with Crippen LogP contribution in [0.15, 0.2) is 89.8 Å². The molecule has 1 aliphatic carbocycles. The van der Waals surface area contributed by atoms with Gasteiger partial charge < -0.3 is 10.8 Å². The highest BCUT2D eigenvalue weighted by Crippen LogP contribution is 2.46. The van der Waals surface area contributed by atoms with Gasteiger partial charge in [0.25, 0.3) is 0 Å². The molecule has 4 heterocycles. The average Bonchev–Trinajstić information content (AvgIpc) is 3.58. The van der Waals surface area contributed by atoms with Crippen molar-refractivity contribution in [1.29, 1.82) is 0 Å². The van der Waals surface area contributed by atoms with Crippen LogP contribution in [0.4, 0.5) is 0 Å². The molecule has 2 aromatic carbocycles. The summed E-state index contributed by atoms with van der Waals surface area (Å²) in [6.45, 7) is 1.84. The molecule has 3 N–H and O–H groups in total. The first-order valence-corrected chi connectivity index (χ1v) is 13.2. The van der Waals surface area contributed by atoms with Gasteiger partial charge in [0.2, 0.25) is 0 Å². The Kier molecular flexibility index (Phi) is 4.85. The molecule has 0 spiro atoms. The molecule has 37 heavy (non-hydrogen) atoms. The van der Waals surface area contributed by atoms with Crippen molar-refractivity contribution in [2.75, 3.05) is 0 Å². The van der Waals surface area contributed by atoms with Gasteiger partial charge in [-0.15, -0.1) is 0 Å². The van der Waals surface area contributed by atoms with Crippen LogP contribution in [0.5, 0.6) is 0 Å². The van der Waals surface area contributed by atoms with E-state index >= 15 is 0 Å². The van der Waals surface area contributed by atoms with E-state index in [-0.39, 0.29) is 0 Å². The minimum absolute atomic E-state index is 0.494. The number of nitrogens with zero attached hydrogens (tertiary/aromatic N) is 4. The van der Waals surface area contributed by atoms with Crippen molar-refractivity contribution in [1.82, 2.24) is 19.6 Å². The van der Waals surface area contributed by atoms with E-state index < -0.39 is 11.1 Å². The second-order valence-electron chi connectivity index (χ2n) is 10.3. The van der Waals surface area contributed by atoms with E-state index in [1.54, 1.807) is 11.3 Å². The summed E-state index contributed by atoms with van der Waals surface area (Å²) in [4.78, 5) is 9.86. The van der Waals surface area contributed by atoms with Crippen molar-refractivity contribution < 1.29 is 5.11 Å². The minimum Gasteiger partial charge on any atom is -0.390 e. The van der Waals surface area contributed by atoms with Crippen molar-refractivity contribution in [3.05, 3.63) is 95.3 Å². The number of pyridine rings is 1. The van der Waals surface area contributed by atoms with E-state index in [1.807, 2.05) is 47.3 Å². The number of fused-ring (bicyclic) bond motifs is 3. The molecule has 1 saturated carbocycles. The second-order valence-corrected chi connectivity index (χ2v) is 11.1. The van der Waals surface area contributed by atoms with Crippen molar-refractivity contribution in [2.45, 2.75) is 30.9 Å². The van der Waals surface area contributed by atoms with Crippen LogP contribution in [0.2, 0.25) is 0 Å². The van der Waals surface area contributed by atoms with E-state index in [9.17, 15) is 5.11 Å². The number of thiophene rings is 1. The zero-order chi connectivity index (χ0) is 25.2. The fourth-order valence-corrected chi connectivity index (χ4v) is 6.27. The largest absolute Gasteiger partial charge is 0.390 e. The van der Waals surface area contributed by atoms with Crippen LogP contribution in [0.3, 0.4) is 0 Å². The van der Waals surface area contributed by atoms with E-state index in [0.29, 0.717) is 12.8 Å². The number of aromatic nitrogens is 4. The fraction of sp³-hybridized carbons (Fsp3) is 0.167. The van der Waals surface area contributed by atoms with Gasteiger partial charge in [0, 0.05) is 45.3 Å². The average molecular weight is 504 g/mol. The molecule has 4 aromatic heterocycles. The van der Waals surface area contributed by atoms with E-state index in [2.05, 4.69) is 58.9 Å². The molecule has 6 aromatic rings. The Balaban J connectivity index is 1.40. The van der Waals surface area contributed by atoms with Gasteiger partial charge in [0.05, 0.1) is 17.0 Å². The van der Waals surface area contributed by atoms with Crippen molar-refractivity contribution >= 4 is 28.0 Å². The number of hydrogen-bond donors (Lipinski definition) is 2. The van der Waals surface area contributed by atoms with Gasteiger partial charge in [-0.25, -0.2) is 9.97 Å². The Morgan fingerprint density at radius 1 is 0.946 bits per heavy atom. The Morgan fingerprint density at radius 2 is 1.73 bits per heavy atom. The van der Waals surface area contributed by atoms with Gasteiger partial charge in [-0.1, -0.05) is 54.6 Å². The van der Waals surface area contributed by atoms with E-state index in [1.165, 1.54) is 0 Å². The first-order chi connectivity index (χ1) is 17.9. The molecule has 7 rings (SSSR count). The maximum Gasteiger partial charge on any atom is 0.165 e. The maximum absolute atomic E-state index is 10.3. The van der Waals surface area contributed by atoms with Crippen molar-refractivity contribution in [3.63, 3.8) is 0 Å². The zero-order valence-corrected chi connectivity index (χ0v) is 21.1. The van der Waals surface area contributed by atoms with Gasteiger partial charge in [0.15, 0.2) is 11.3 Å². The number of rotatable bonds is 4. The molecule has 1 fully saturated rings. The van der Waals surface area contributed by atoms with Crippen molar-refractivity contribution in [3.8, 4) is 33.6 Å². The summed E-state index contributed by atoms with van der Waals surface area (Å²) < 4.78 is 1.83. The Morgan fingerprint density at radius 3 is 2.43 bits per heavy atom. The SMILES string of the molecule is CC1(O)CC(N)(c2ccc(-c3nc4c(cnc5cc(-c6ccsc6)nn54)cc3-c3ccccc3)cc2)C1. The molecule has 0 radical (unpaired) electrons. The molecule has 0 amide bonds. The summed E-state index contributed by atoms with van der Waals surface area (Å²) in [7, 11) is 0. The monoisotopic (exact) mass is 503 g/mol. The highest BCUT2D eigenvalue weighted by atomic mass is 32.1. The molecule has 0 unspecified atom stereocenters. The smallest absolute Gasteiger partial charge is 0.165 e. The van der Waals surface area contributed by atoms with Crippen LogP contribution >= 0.6 is 11.3 Å². The van der Waals surface area contributed by atoms with Gasteiger partial charge >= 0.3 is 0 Å². The van der Waals surface area contributed by atoms with E-state index in [0.717, 1.165) is 55.9 Å². The van der Waals surface area contributed by atoms with Gasteiger partial charge in [-0.2, -0.15) is 21.0 Å². The lowest BCUT2D eigenvalue weighted by molar-refractivity contribution is -0.0738. The number of benzene rings is 2. The molecule has 182 valence electrons. The highest BCUT2D eigenvalue weighted by molar-refractivity contribution is 7.08. The summed E-state index contributed by atoms with van der Waals surface area (Å²) in [6, 6.07) is 24.8. The lowest BCUT2D eigenvalue weighted by Crippen LogP contribution is -2.58. The van der Waals surface area contributed by atoms with Crippen LogP contribution in [0, 0.1) is 0 Å². The van der Waals surface area contributed by atoms with Gasteiger partial charge in [-0.3, -0.25) is 0 Å². The summed E-state index contributed by atoms with van der Waals surface area (Å²) in [6.07, 6.45) is 2.98. The van der Waals surface area contributed by atoms with Crippen LogP contribution < -0.4 is 5.73 Å². The fourth-order valence-electron chi connectivity index (χ4n) is 5.62. The Hall–Kier alpha value is -3.91. The predicted octanol–water partition coefficient (Wildman–Crippen LogP) is 6.04. The normalized spacial score (nSPS) is 21.4. The lowest BCUT2D eigenvalue weighted by Gasteiger charge is -2.49. The molecule has 6 nitrogen and oxygen atoms in total. The Bertz CT molecular complexity index is 1750. The summed E-state index contributed by atoms with van der Waals surface area (Å²) in [5.74, 6) is 0. The van der Waals surface area contributed by atoms with Crippen LogP contribution in [0.25, 0.3) is 50.3 Å². The first kappa shape index (κ1) is 22.3. The van der Waals surface area contributed by atoms with E-state index in [4.69, 9.17) is 15.8 Å². The third-order valence-electron chi connectivity index (χ3n) is 7.29. The van der Waals surface area contributed by atoms with Gasteiger partial charge in [-0.05, 0) is 48.4 Å². The third-order valence-corrected chi connectivity index (χ3v) is 7.97. The summed E-state index contributed by atoms with van der Waals surface area (Å²) in [5, 5.41) is 20.2.